The van der Waals surface area contributed by atoms with E-state index in [0.29, 0.717) is 5.58 Å². The molecule has 90 valence electrons. The third-order valence-electron chi connectivity index (χ3n) is 3.23. The van der Waals surface area contributed by atoms with Crippen molar-refractivity contribution in [3.63, 3.8) is 0 Å². The molecule has 0 aliphatic carbocycles. The van der Waals surface area contributed by atoms with Gasteiger partial charge in [0.15, 0.2) is 5.58 Å². The molecule has 3 rings (SSSR count). The molecule has 1 aromatic heterocycles. The van der Waals surface area contributed by atoms with Gasteiger partial charge in [-0.05, 0) is 47.4 Å². The molecule has 1 aliphatic rings. The molecule has 5 heteroatoms. The van der Waals surface area contributed by atoms with E-state index in [1.807, 2.05) is 18.2 Å². The SMILES string of the molecule is O=c1oc2c(Br)cccc2n1C1CCCNC1. The Morgan fingerprint density at radius 1 is 1.47 bits per heavy atom. The number of rotatable bonds is 1. The molecule has 1 unspecified atom stereocenters. The molecule has 0 spiro atoms. The lowest BCUT2D eigenvalue weighted by Crippen LogP contribution is -2.35. The molecule has 0 radical (unpaired) electrons. The van der Waals surface area contributed by atoms with E-state index < -0.39 is 0 Å². The molecule has 1 aromatic carbocycles. The van der Waals surface area contributed by atoms with Gasteiger partial charge in [-0.1, -0.05) is 6.07 Å². The van der Waals surface area contributed by atoms with E-state index in [0.717, 1.165) is 35.9 Å². The van der Waals surface area contributed by atoms with Crippen LogP contribution in [0.1, 0.15) is 18.9 Å². The molecule has 0 saturated carbocycles. The zero-order chi connectivity index (χ0) is 11.8. The van der Waals surface area contributed by atoms with E-state index in [-0.39, 0.29) is 11.8 Å². The summed E-state index contributed by atoms with van der Waals surface area (Å²) in [5.74, 6) is -0.263. The van der Waals surface area contributed by atoms with Gasteiger partial charge in [-0.15, -0.1) is 0 Å². The maximum atomic E-state index is 11.9. The summed E-state index contributed by atoms with van der Waals surface area (Å²) < 4.78 is 7.91. The maximum absolute atomic E-state index is 11.9. The number of halogens is 1. The minimum Gasteiger partial charge on any atom is -0.406 e. The minimum absolute atomic E-state index is 0.201. The van der Waals surface area contributed by atoms with E-state index >= 15 is 0 Å². The normalized spacial score (nSPS) is 20.9. The fraction of sp³-hybridized carbons (Fsp3) is 0.417. The van der Waals surface area contributed by atoms with Crippen LogP contribution >= 0.6 is 15.9 Å². The number of para-hydroxylation sites is 1. The summed E-state index contributed by atoms with van der Waals surface area (Å²) in [5.41, 5.74) is 1.51. The molecule has 2 aromatic rings. The van der Waals surface area contributed by atoms with Crippen molar-refractivity contribution in [2.24, 2.45) is 0 Å². The first-order chi connectivity index (χ1) is 8.27. The van der Waals surface area contributed by atoms with Crippen LogP contribution < -0.4 is 11.1 Å². The van der Waals surface area contributed by atoms with Crippen molar-refractivity contribution in [3.05, 3.63) is 33.2 Å². The molecule has 1 N–H and O–H groups in total. The highest BCUT2D eigenvalue weighted by molar-refractivity contribution is 9.10. The molecule has 1 fully saturated rings. The smallest absolute Gasteiger partial charge is 0.406 e. The Labute approximate surface area is 107 Å². The average molecular weight is 297 g/mol. The van der Waals surface area contributed by atoms with Gasteiger partial charge in [0.1, 0.15) is 0 Å². The number of aromatic nitrogens is 1. The number of benzene rings is 1. The second kappa shape index (κ2) is 4.31. The van der Waals surface area contributed by atoms with Gasteiger partial charge in [0.05, 0.1) is 16.0 Å². The molecule has 0 amide bonds. The summed E-state index contributed by atoms with van der Waals surface area (Å²) >= 11 is 3.41. The summed E-state index contributed by atoms with van der Waals surface area (Å²) in [5, 5.41) is 3.32. The summed E-state index contributed by atoms with van der Waals surface area (Å²) in [4.78, 5) is 11.9. The van der Waals surface area contributed by atoms with Gasteiger partial charge in [-0.25, -0.2) is 4.79 Å². The number of hydrogen-bond acceptors (Lipinski definition) is 3. The molecule has 4 nitrogen and oxygen atoms in total. The van der Waals surface area contributed by atoms with Crippen LogP contribution in [-0.2, 0) is 0 Å². The molecule has 17 heavy (non-hydrogen) atoms. The molecule has 1 atom stereocenters. The quantitative estimate of drug-likeness (QED) is 0.878. The van der Waals surface area contributed by atoms with Crippen molar-refractivity contribution >= 4 is 27.0 Å². The van der Waals surface area contributed by atoms with E-state index in [4.69, 9.17) is 4.42 Å². The standard InChI is InChI=1S/C12H13BrN2O2/c13-9-4-1-5-10-11(9)17-12(16)15(10)8-3-2-6-14-7-8/h1,4-5,8,14H,2-3,6-7H2. The lowest BCUT2D eigenvalue weighted by atomic mass is 10.1. The van der Waals surface area contributed by atoms with Gasteiger partial charge in [-0.3, -0.25) is 4.57 Å². The molecular formula is C12H13BrN2O2. The van der Waals surface area contributed by atoms with Crippen LogP contribution in [0.25, 0.3) is 11.1 Å². The van der Waals surface area contributed by atoms with Crippen molar-refractivity contribution in [1.82, 2.24) is 9.88 Å². The second-order valence-corrected chi connectivity index (χ2v) is 5.18. The van der Waals surface area contributed by atoms with Gasteiger partial charge >= 0.3 is 5.76 Å². The highest BCUT2D eigenvalue weighted by Gasteiger charge is 2.21. The highest BCUT2D eigenvalue weighted by atomic mass is 79.9. The number of piperidine rings is 1. The fourth-order valence-corrected chi connectivity index (χ4v) is 2.86. The van der Waals surface area contributed by atoms with Crippen molar-refractivity contribution in [2.75, 3.05) is 13.1 Å². The summed E-state index contributed by atoms with van der Waals surface area (Å²) in [7, 11) is 0. The summed E-state index contributed by atoms with van der Waals surface area (Å²) in [6.45, 7) is 1.87. The molecule has 1 saturated heterocycles. The second-order valence-electron chi connectivity index (χ2n) is 4.33. The predicted molar refractivity (Wildman–Crippen MR) is 69.3 cm³/mol. The average Bonchev–Trinajstić information content (AvgIpc) is 2.68. The van der Waals surface area contributed by atoms with E-state index in [2.05, 4.69) is 21.2 Å². The number of hydrogen-bond donors (Lipinski definition) is 1. The Bertz CT molecular complexity index is 596. The number of nitrogens with zero attached hydrogens (tertiary/aromatic N) is 1. The van der Waals surface area contributed by atoms with Crippen LogP contribution in [0.15, 0.2) is 31.9 Å². The van der Waals surface area contributed by atoms with Gasteiger partial charge in [0.2, 0.25) is 0 Å². The maximum Gasteiger partial charge on any atom is 0.420 e. The topological polar surface area (TPSA) is 47.2 Å². The van der Waals surface area contributed by atoms with Crippen molar-refractivity contribution in [2.45, 2.75) is 18.9 Å². The third-order valence-corrected chi connectivity index (χ3v) is 3.85. The largest absolute Gasteiger partial charge is 0.420 e. The van der Waals surface area contributed by atoms with Crippen LogP contribution in [0.5, 0.6) is 0 Å². The molecular weight excluding hydrogens is 284 g/mol. The zero-order valence-electron chi connectivity index (χ0n) is 9.28. The van der Waals surface area contributed by atoms with Crippen molar-refractivity contribution in [1.29, 1.82) is 0 Å². The Morgan fingerprint density at radius 2 is 2.35 bits per heavy atom. The lowest BCUT2D eigenvalue weighted by Gasteiger charge is -2.23. The highest BCUT2D eigenvalue weighted by Crippen LogP contribution is 2.26. The van der Waals surface area contributed by atoms with E-state index in [1.54, 1.807) is 4.57 Å². The molecule has 1 aliphatic heterocycles. The van der Waals surface area contributed by atoms with Crippen LogP contribution in [-0.4, -0.2) is 17.7 Å². The van der Waals surface area contributed by atoms with Crippen LogP contribution in [0.3, 0.4) is 0 Å². The van der Waals surface area contributed by atoms with Crippen molar-refractivity contribution in [3.8, 4) is 0 Å². The van der Waals surface area contributed by atoms with Crippen LogP contribution in [0.2, 0.25) is 0 Å². The first-order valence-electron chi connectivity index (χ1n) is 5.77. The number of nitrogens with one attached hydrogen (secondary N) is 1. The van der Waals surface area contributed by atoms with Crippen LogP contribution in [0.4, 0.5) is 0 Å². The number of oxazole rings is 1. The van der Waals surface area contributed by atoms with E-state index in [9.17, 15) is 4.79 Å². The molecule has 2 heterocycles. The van der Waals surface area contributed by atoms with Gasteiger partial charge < -0.3 is 9.73 Å². The summed E-state index contributed by atoms with van der Waals surface area (Å²) in [6, 6.07) is 5.94. The fourth-order valence-electron chi connectivity index (χ4n) is 2.42. The predicted octanol–water partition coefficient (Wildman–Crippen LogP) is 2.28. The van der Waals surface area contributed by atoms with Gasteiger partial charge in [0, 0.05) is 6.54 Å². The number of fused-ring (bicyclic) bond motifs is 1. The van der Waals surface area contributed by atoms with E-state index in [1.165, 1.54) is 0 Å². The Balaban J connectivity index is 2.18. The lowest BCUT2D eigenvalue weighted by molar-refractivity contribution is 0.352. The zero-order valence-corrected chi connectivity index (χ0v) is 10.9. The van der Waals surface area contributed by atoms with Gasteiger partial charge in [0.25, 0.3) is 0 Å². The first-order valence-corrected chi connectivity index (χ1v) is 6.57. The Morgan fingerprint density at radius 3 is 3.12 bits per heavy atom. The van der Waals surface area contributed by atoms with Crippen LogP contribution in [0, 0.1) is 0 Å². The first kappa shape index (κ1) is 11.0. The third kappa shape index (κ3) is 1.83. The Kier molecular flexibility index (Phi) is 2.80. The molecule has 0 bridgehead atoms. The Hall–Kier alpha value is -1.07. The van der Waals surface area contributed by atoms with Crippen molar-refractivity contribution < 1.29 is 4.42 Å². The minimum atomic E-state index is -0.263. The monoisotopic (exact) mass is 296 g/mol. The summed E-state index contributed by atoms with van der Waals surface area (Å²) in [6.07, 6.45) is 2.12. The van der Waals surface area contributed by atoms with Gasteiger partial charge in [-0.2, -0.15) is 0 Å².